The van der Waals surface area contributed by atoms with Crippen molar-refractivity contribution < 1.29 is 0 Å². The zero-order valence-corrected chi connectivity index (χ0v) is 9.11. The van der Waals surface area contributed by atoms with E-state index >= 15 is 0 Å². The zero-order chi connectivity index (χ0) is 11.0. The van der Waals surface area contributed by atoms with Gasteiger partial charge in [-0.1, -0.05) is 0 Å². The minimum atomic E-state index is 0.702. The summed E-state index contributed by atoms with van der Waals surface area (Å²) in [5.41, 5.74) is 8.21. The topological polar surface area (TPSA) is 64.7 Å². The van der Waals surface area contributed by atoms with Crippen LogP contribution < -0.4 is 5.73 Å². The minimum absolute atomic E-state index is 0.702. The van der Waals surface area contributed by atoms with Gasteiger partial charge in [-0.15, -0.1) is 0 Å². The Bertz CT molecular complexity index is 630. The Hall–Kier alpha value is -2.01. The van der Waals surface area contributed by atoms with Crippen molar-refractivity contribution in [2.24, 2.45) is 0 Å². The fourth-order valence-corrected chi connectivity index (χ4v) is 2.01. The number of hydrogen-bond acceptors (Lipinski definition) is 5. The van der Waals surface area contributed by atoms with Gasteiger partial charge in [0.25, 0.3) is 0 Å². The van der Waals surface area contributed by atoms with E-state index in [4.69, 9.17) is 5.73 Å². The van der Waals surface area contributed by atoms with Gasteiger partial charge in [0.05, 0.1) is 17.1 Å². The van der Waals surface area contributed by atoms with Gasteiger partial charge in [-0.25, -0.2) is 9.97 Å². The molecule has 2 heterocycles. The fraction of sp³-hybridized carbons (Fsp3) is 0. The Morgan fingerprint density at radius 2 is 1.88 bits per heavy atom. The average molecular weight is 228 g/mol. The monoisotopic (exact) mass is 228 g/mol. The minimum Gasteiger partial charge on any atom is -0.399 e. The number of nitrogens with two attached hydrogens (primary N) is 1. The largest absolute Gasteiger partial charge is 0.399 e. The molecule has 78 valence electrons. The molecule has 2 aromatic heterocycles. The van der Waals surface area contributed by atoms with Crippen LogP contribution in [0.1, 0.15) is 0 Å². The van der Waals surface area contributed by atoms with Crippen LogP contribution in [0.4, 0.5) is 5.69 Å². The first kappa shape index (κ1) is 9.23. The van der Waals surface area contributed by atoms with E-state index in [0.717, 1.165) is 21.5 Å². The molecule has 0 bridgehead atoms. The molecule has 0 radical (unpaired) electrons. The van der Waals surface area contributed by atoms with Crippen LogP contribution in [0.5, 0.6) is 0 Å². The van der Waals surface area contributed by atoms with Gasteiger partial charge in [0.15, 0.2) is 5.82 Å². The SMILES string of the molecule is Nc1ccc(-c2ncc3sncc3n2)cc1. The Morgan fingerprint density at radius 3 is 2.69 bits per heavy atom. The third-order valence-electron chi connectivity index (χ3n) is 2.28. The van der Waals surface area contributed by atoms with Crippen molar-refractivity contribution in [1.29, 1.82) is 0 Å². The number of benzene rings is 1. The van der Waals surface area contributed by atoms with Crippen LogP contribution >= 0.6 is 11.5 Å². The molecule has 0 aliphatic carbocycles. The zero-order valence-electron chi connectivity index (χ0n) is 8.29. The predicted molar refractivity (Wildman–Crippen MR) is 65.1 cm³/mol. The third-order valence-corrected chi connectivity index (χ3v) is 3.00. The van der Waals surface area contributed by atoms with Crippen molar-refractivity contribution >= 4 is 27.4 Å². The normalized spacial score (nSPS) is 10.8. The van der Waals surface area contributed by atoms with Crippen molar-refractivity contribution in [1.82, 2.24) is 14.3 Å². The average Bonchev–Trinajstić information content (AvgIpc) is 2.77. The smallest absolute Gasteiger partial charge is 0.159 e. The molecule has 3 aromatic rings. The van der Waals surface area contributed by atoms with Gasteiger partial charge in [0, 0.05) is 11.3 Å². The van der Waals surface area contributed by atoms with Crippen molar-refractivity contribution in [3.63, 3.8) is 0 Å². The highest BCUT2D eigenvalue weighted by molar-refractivity contribution is 7.13. The highest BCUT2D eigenvalue weighted by Crippen LogP contribution is 2.20. The Morgan fingerprint density at radius 1 is 1.06 bits per heavy atom. The maximum atomic E-state index is 5.63. The van der Waals surface area contributed by atoms with E-state index in [2.05, 4.69) is 14.3 Å². The number of rotatable bonds is 1. The van der Waals surface area contributed by atoms with Crippen molar-refractivity contribution in [3.05, 3.63) is 36.7 Å². The molecule has 2 N–H and O–H groups in total. The molecule has 16 heavy (non-hydrogen) atoms. The van der Waals surface area contributed by atoms with E-state index in [1.165, 1.54) is 11.5 Å². The molecule has 0 saturated carbocycles. The standard InChI is InChI=1S/C11H8N4S/c12-8-3-1-7(2-4-8)11-13-6-10-9(15-11)5-14-16-10/h1-6H,12H2. The molecule has 5 heteroatoms. The number of aromatic nitrogens is 3. The Kier molecular flexibility index (Phi) is 2.04. The van der Waals surface area contributed by atoms with E-state index in [1.807, 2.05) is 24.3 Å². The Labute approximate surface area is 96.0 Å². The summed E-state index contributed by atoms with van der Waals surface area (Å²) >= 11 is 1.40. The van der Waals surface area contributed by atoms with Gasteiger partial charge < -0.3 is 5.73 Å². The molecule has 0 spiro atoms. The van der Waals surface area contributed by atoms with E-state index < -0.39 is 0 Å². The number of fused-ring (bicyclic) bond motifs is 1. The van der Waals surface area contributed by atoms with E-state index in [-0.39, 0.29) is 0 Å². The molecule has 0 aliphatic heterocycles. The van der Waals surface area contributed by atoms with Crippen LogP contribution in [0.25, 0.3) is 21.6 Å². The van der Waals surface area contributed by atoms with Gasteiger partial charge in [0.2, 0.25) is 0 Å². The number of anilines is 1. The summed E-state index contributed by atoms with van der Waals surface area (Å²) in [4.78, 5) is 8.73. The maximum absolute atomic E-state index is 5.63. The molecular weight excluding hydrogens is 220 g/mol. The lowest BCUT2D eigenvalue weighted by molar-refractivity contribution is 1.23. The van der Waals surface area contributed by atoms with Crippen molar-refractivity contribution in [3.8, 4) is 11.4 Å². The Balaban J connectivity index is 2.14. The van der Waals surface area contributed by atoms with Gasteiger partial charge in [-0.3, -0.25) is 0 Å². The quantitative estimate of drug-likeness (QED) is 0.649. The second kappa shape index (κ2) is 3.53. The van der Waals surface area contributed by atoms with Crippen molar-refractivity contribution in [2.75, 3.05) is 5.73 Å². The van der Waals surface area contributed by atoms with E-state index in [9.17, 15) is 0 Å². The predicted octanol–water partition coefficient (Wildman–Crippen LogP) is 2.34. The van der Waals surface area contributed by atoms with Gasteiger partial charge in [-0.05, 0) is 35.8 Å². The number of nitrogen functional groups attached to an aromatic ring is 1. The lowest BCUT2D eigenvalue weighted by atomic mass is 10.2. The van der Waals surface area contributed by atoms with E-state index in [1.54, 1.807) is 12.4 Å². The van der Waals surface area contributed by atoms with Crippen LogP contribution in [-0.2, 0) is 0 Å². The molecular formula is C11H8N4S. The van der Waals surface area contributed by atoms with E-state index in [0.29, 0.717) is 5.82 Å². The van der Waals surface area contributed by atoms with Crippen LogP contribution in [0, 0.1) is 0 Å². The molecule has 0 aliphatic rings. The van der Waals surface area contributed by atoms with Crippen LogP contribution in [-0.4, -0.2) is 14.3 Å². The summed E-state index contributed by atoms with van der Waals surface area (Å²) in [7, 11) is 0. The summed E-state index contributed by atoms with van der Waals surface area (Å²) in [6.07, 6.45) is 3.55. The second-order valence-corrected chi connectivity index (χ2v) is 4.22. The molecule has 1 aromatic carbocycles. The molecule has 4 nitrogen and oxygen atoms in total. The molecule has 0 amide bonds. The fourth-order valence-electron chi connectivity index (χ4n) is 1.45. The van der Waals surface area contributed by atoms with Crippen molar-refractivity contribution in [2.45, 2.75) is 0 Å². The summed E-state index contributed by atoms with van der Waals surface area (Å²) < 4.78 is 5.07. The highest BCUT2D eigenvalue weighted by atomic mass is 32.1. The molecule has 0 unspecified atom stereocenters. The first-order valence-electron chi connectivity index (χ1n) is 4.76. The van der Waals surface area contributed by atoms with Crippen LogP contribution in [0.15, 0.2) is 36.7 Å². The van der Waals surface area contributed by atoms with Gasteiger partial charge >= 0.3 is 0 Å². The number of hydrogen-bond donors (Lipinski definition) is 1. The highest BCUT2D eigenvalue weighted by Gasteiger charge is 2.03. The second-order valence-electron chi connectivity index (χ2n) is 3.39. The molecule has 0 atom stereocenters. The van der Waals surface area contributed by atoms with Gasteiger partial charge in [-0.2, -0.15) is 4.37 Å². The molecule has 0 saturated heterocycles. The number of nitrogens with zero attached hydrogens (tertiary/aromatic N) is 3. The summed E-state index contributed by atoms with van der Waals surface area (Å²) in [6.45, 7) is 0. The summed E-state index contributed by atoms with van der Waals surface area (Å²) in [5.74, 6) is 0.702. The lowest BCUT2D eigenvalue weighted by Gasteiger charge is -1.99. The van der Waals surface area contributed by atoms with Crippen LogP contribution in [0.3, 0.4) is 0 Å². The first-order valence-corrected chi connectivity index (χ1v) is 5.53. The summed E-state index contributed by atoms with van der Waals surface area (Å²) in [6, 6.07) is 7.51. The van der Waals surface area contributed by atoms with Crippen LogP contribution in [0.2, 0.25) is 0 Å². The summed E-state index contributed by atoms with van der Waals surface area (Å²) in [5, 5.41) is 0. The first-order chi connectivity index (χ1) is 7.83. The lowest BCUT2D eigenvalue weighted by Crippen LogP contribution is -1.89. The van der Waals surface area contributed by atoms with Gasteiger partial charge in [0.1, 0.15) is 5.52 Å². The molecule has 0 fully saturated rings. The maximum Gasteiger partial charge on any atom is 0.159 e. The molecule has 3 rings (SSSR count). The third kappa shape index (κ3) is 1.51.